The molecular weight excluding hydrogens is 366 g/mol. The molecule has 9 nitrogen and oxygen atoms in total. The van der Waals surface area contributed by atoms with Gasteiger partial charge in [-0.2, -0.15) is 0 Å². The van der Waals surface area contributed by atoms with Crippen molar-refractivity contribution in [2.24, 2.45) is 0 Å². The van der Waals surface area contributed by atoms with Crippen molar-refractivity contribution in [3.05, 3.63) is 58.9 Å². The number of carbonyl (C=O) groups is 4. The lowest BCUT2D eigenvalue weighted by molar-refractivity contribution is -0.145. The number of benzene rings is 1. The first kappa shape index (κ1) is 17.8. The molecule has 9 heteroatoms. The van der Waals surface area contributed by atoms with Gasteiger partial charge in [-0.05, 0) is 0 Å². The molecule has 0 bridgehead atoms. The third-order valence-corrected chi connectivity index (χ3v) is 5.30. The van der Waals surface area contributed by atoms with Gasteiger partial charge in [-0.1, -0.05) is 30.3 Å². The van der Waals surface area contributed by atoms with Crippen molar-refractivity contribution in [3.63, 3.8) is 0 Å². The van der Waals surface area contributed by atoms with Gasteiger partial charge in [-0.15, -0.1) is 0 Å². The first-order valence-corrected chi connectivity index (χ1v) is 8.46. The third kappa shape index (κ3) is 1.95. The van der Waals surface area contributed by atoms with Crippen LogP contribution in [0.5, 0.6) is 0 Å². The maximum Gasteiger partial charge on any atom is 0.339 e. The molecule has 3 heterocycles. The Morgan fingerprint density at radius 3 is 2.32 bits per heavy atom. The number of likely N-dealkylation sites (N-methyl/N-ethyl adjacent to an activating group) is 1. The Kier molecular flexibility index (Phi) is 3.77. The predicted octanol–water partition coefficient (Wildman–Crippen LogP) is -0.391. The van der Waals surface area contributed by atoms with E-state index in [9.17, 15) is 19.2 Å². The zero-order valence-electron chi connectivity index (χ0n) is 15.4. The van der Waals surface area contributed by atoms with Gasteiger partial charge in [0.25, 0.3) is 11.8 Å². The summed E-state index contributed by atoms with van der Waals surface area (Å²) in [5.74, 6) is -2.43. The predicted molar refractivity (Wildman–Crippen MR) is 93.8 cm³/mol. The smallest absolute Gasteiger partial charge is 0.339 e. The van der Waals surface area contributed by atoms with Crippen LogP contribution < -0.4 is 5.32 Å². The van der Waals surface area contributed by atoms with E-state index in [0.29, 0.717) is 5.56 Å². The van der Waals surface area contributed by atoms with E-state index < -0.39 is 35.5 Å². The normalized spacial score (nSPS) is 25.4. The van der Waals surface area contributed by atoms with E-state index in [-0.39, 0.29) is 17.0 Å². The minimum atomic E-state index is -1.54. The van der Waals surface area contributed by atoms with E-state index in [4.69, 9.17) is 9.47 Å². The van der Waals surface area contributed by atoms with Crippen LogP contribution in [0.2, 0.25) is 0 Å². The van der Waals surface area contributed by atoms with Gasteiger partial charge in [-0.25, -0.2) is 9.59 Å². The van der Waals surface area contributed by atoms with E-state index in [1.807, 2.05) is 0 Å². The van der Waals surface area contributed by atoms with Crippen molar-refractivity contribution in [3.8, 4) is 0 Å². The van der Waals surface area contributed by atoms with E-state index in [1.54, 1.807) is 35.2 Å². The molecule has 1 aromatic carbocycles. The van der Waals surface area contributed by atoms with Crippen LogP contribution >= 0.6 is 0 Å². The lowest BCUT2D eigenvalue weighted by Gasteiger charge is -2.49. The highest BCUT2D eigenvalue weighted by atomic mass is 16.5. The zero-order valence-corrected chi connectivity index (χ0v) is 15.4. The van der Waals surface area contributed by atoms with E-state index in [2.05, 4.69) is 5.32 Å². The van der Waals surface area contributed by atoms with Crippen LogP contribution in [0.15, 0.2) is 53.4 Å². The Bertz CT molecular complexity index is 983. The van der Waals surface area contributed by atoms with Gasteiger partial charge < -0.3 is 24.6 Å². The molecule has 1 saturated heterocycles. The molecule has 3 aliphatic rings. The monoisotopic (exact) mass is 383 g/mol. The number of hydrogen-bond acceptors (Lipinski definition) is 7. The van der Waals surface area contributed by atoms with E-state index in [0.717, 1.165) is 7.11 Å². The number of methoxy groups -OCH3 is 2. The molecule has 0 radical (unpaired) electrons. The van der Waals surface area contributed by atoms with Gasteiger partial charge in [0.05, 0.1) is 19.8 Å². The Balaban J connectivity index is 2.16. The summed E-state index contributed by atoms with van der Waals surface area (Å²) in [5.41, 5.74) is -1.28. The second-order valence-corrected chi connectivity index (χ2v) is 6.50. The van der Waals surface area contributed by atoms with Crippen LogP contribution in [0.25, 0.3) is 0 Å². The van der Waals surface area contributed by atoms with Crippen molar-refractivity contribution in [2.45, 2.75) is 11.7 Å². The number of esters is 2. The van der Waals surface area contributed by atoms with Crippen LogP contribution in [0.3, 0.4) is 0 Å². The lowest BCUT2D eigenvalue weighted by atomic mass is 9.87. The van der Waals surface area contributed by atoms with Gasteiger partial charge in [0.2, 0.25) is 0 Å². The zero-order chi connectivity index (χ0) is 20.2. The van der Waals surface area contributed by atoms with Gasteiger partial charge in [0, 0.05) is 18.7 Å². The number of nitrogens with zero attached hydrogens (tertiary/aromatic N) is 2. The van der Waals surface area contributed by atoms with Gasteiger partial charge in [0.15, 0.2) is 5.66 Å². The standard InChI is InChI=1S/C19H17N3O6/c1-21-12(23)9-11-20-16(24)15-13(17(25)27-2)14(18(26)28-3)19(21,22(11)15)10-7-5-4-6-8-10/h4-9,15H,1-3H3,(H,20,24). The first-order valence-electron chi connectivity index (χ1n) is 8.46. The Morgan fingerprint density at radius 2 is 1.71 bits per heavy atom. The molecule has 3 aliphatic heterocycles. The molecule has 1 N–H and O–H groups in total. The van der Waals surface area contributed by atoms with Crippen molar-refractivity contribution in [1.82, 2.24) is 15.1 Å². The molecule has 144 valence electrons. The second kappa shape index (κ2) is 5.95. The van der Waals surface area contributed by atoms with Gasteiger partial charge >= 0.3 is 11.9 Å². The molecule has 2 unspecified atom stereocenters. The molecule has 0 spiro atoms. The summed E-state index contributed by atoms with van der Waals surface area (Å²) >= 11 is 0. The van der Waals surface area contributed by atoms with Crippen LogP contribution in [0.1, 0.15) is 5.56 Å². The number of ether oxygens (including phenoxy) is 2. The van der Waals surface area contributed by atoms with Crippen molar-refractivity contribution < 1.29 is 28.7 Å². The summed E-state index contributed by atoms with van der Waals surface area (Å²) in [6.07, 6.45) is 1.26. The Labute approximate surface area is 160 Å². The fourth-order valence-electron chi connectivity index (χ4n) is 4.21. The maximum atomic E-state index is 12.9. The van der Waals surface area contributed by atoms with E-state index in [1.165, 1.54) is 25.1 Å². The van der Waals surface area contributed by atoms with Crippen molar-refractivity contribution >= 4 is 23.8 Å². The van der Waals surface area contributed by atoms with Crippen LogP contribution in [-0.4, -0.2) is 60.9 Å². The number of hydrogen-bond donors (Lipinski definition) is 1. The summed E-state index contributed by atoms with van der Waals surface area (Å²) in [4.78, 5) is 54.0. The third-order valence-electron chi connectivity index (χ3n) is 5.30. The molecule has 0 aromatic heterocycles. The minimum Gasteiger partial charge on any atom is -0.466 e. The quantitative estimate of drug-likeness (QED) is 0.709. The van der Waals surface area contributed by atoms with Crippen LogP contribution in [0.4, 0.5) is 0 Å². The number of rotatable bonds is 3. The molecule has 28 heavy (non-hydrogen) atoms. The lowest BCUT2D eigenvalue weighted by Crippen LogP contribution is -2.61. The summed E-state index contributed by atoms with van der Waals surface area (Å²) in [6, 6.07) is 7.57. The van der Waals surface area contributed by atoms with Crippen LogP contribution in [-0.2, 0) is 34.3 Å². The maximum absolute atomic E-state index is 12.9. The minimum absolute atomic E-state index is 0.116. The molecule has 0 saturated carbocycles. The fraction of sp³-hybridized carbons (Fsp3) is 0.263. The first-order chi connectivity index (χ1) is 13.4. The number of nitrogens with one attached hydrogen (secondary N) is 1. The highest BCUT2D eigenvalue weighted by Crippen LogP contribution is 2.53. The molecule has 4 rings (SSSR count). The van der Waals surface area contributed by atoms with Crippen LogP contribution in [0, 0.1) is 0 Å². The fourth-order valence-corrected chi connectivity index (χ4v) is 4.21. The van der Waals surface area contributed by atoms with Gasteiger partial charge in [0.1, 0.15) is 17.4 Å². The average Bonchev–Trinajstić information content (AvgIpc) is 3.21. The Hall–Kier alpha value is -3.62. The molecule has 2 atom stereocenters. The number of carbonyl (C=O) groups excluding carboxylic acids is 4. The molecule has 0 aliphatic carbocycles. The summed E-state index contributed by atoms with van der Waals surface area (Å²) < 4.78 is 9.83. The van der Waals surface area contributed by atoms with E-state index >= 15 is 0 Å². The summed E-state index contributed by atoms with van der Waals surface area (Å²) in [7, 11) is 3.84. The molecule has 1 fully saturated rings. The molecule has 2 amide bonds. The second-order valence-electron chi connectivity index (χ2n) is 6.50. The largest absolute Gasteiger partial charge is 0.466 e. The Morgan fingerprint density at radius 1 is 1.07 bits per heavy atom. The molecule has 1 aromatic rings. The topological polar surface area (TPSA) is 105 Å². The summed E-state index contributed by atoms with van der Waals surface area (Å²) in [5, 5.41) is 2.63. The van der Waals surface area contributed by atoms with Crippen molar-refractivity contribution in [2.75, 3.05) is 21.3 Å². The highest BCUT2D eigenvalue weighted by molar-refractivity contribution is 6.12. The van der Waals surface area contributed by atoms with Crippen molar-refractivity contribution in [1.29, 1.82) is 0 Å². The highest BCUT2D eigenvalue weighted by Gasteiger charge is 2.67. The average molecular weight is 383 g/mol. The number of amides is 2. The SMILES string of the molecule is COC(=O)C1=C(C(=O)OC)C2(c3ccccc3)N(C)C(=O)C=C3NC(=O)C1N32. The summed E-state index contributed by atoms with van der Waals surface area (Å²) in [6.45, 7) is 0. The molecular formula is C19H17N3O6. The van der Waals surface area contributed by atoms with Gasteiger partial charge in [-0.3, -0.25) is 9.59 Å².